The van der Waals surface area contributed by atoms with Crippen molar-refractivity contribution in [3.05, 3.63) is 84.4 Å². The van der Waals surface area contributed by atoms with Crippen molar-refractivity contribution in [2.75, 3.05) is 0 Å². The molecule has 0 aliphatic carbocycles. The van der Waals surface area contributed by atoms with E-state index in [2.05, 4.69) is 23.1 Å². The zero-order chi connectivity index (χ0) is 16.5. The van der Waals surface area contributed by atoms with Crippen molar-refractivity contribution in [3.63, 3.8) is 0 Å². The third-order valence-corrected chi connectivity index (χ3v) is 3.20. The van der Waals surface area contributed by atoms with Gasteiger partial charge in [-0.2, -0.15) is 0 Å². The molecule has 1 aromatic heterocycles. The molecule has 0 spiro atoms. The van der Waals surface area contributed by atoms with Crippen molar-refractivity contribution in [2.45, 2.75) is 27.7 Å². The van der Waals surface area contributed by atoms with Crippen LogP contribution in [0.4, 0.5) is 0 Å². The minimum Gasteiger partial charge on any atom is -0.254 e. The monoisotopic (exact) mass is 292 g/mol. The normalized spacial score (nSPS) is 13.5. The molecule has 0 saturated heterocycles. The summed E-state index contributed by atoms with van der Waals surface area (Å²) in [5.74, 6) is 0. The highest BCUT2D eigenvalue weighted by atomic mass is 14.7. The van der Waals surface area contributed by atoms with Crippen molar-refractivity contribution in [3.8, 4) is 0 Å². The summed E-state index contributed by atoms with van der Waals surface area (Å²) in [4.78, 5) is 9.02. The molecule has 0 fully saturated rings. The van der Waals surface area contributed by atoms with E-state index in [0.717, 1.165) is 33.9 Å². The molecule has 0 bridgehead atoms. The maximum atomic E-state index is 4.54. The van der Waals surface area contributed by atoms with Crippen molar-refractivity contribution in [1.82, 2.24) is 4.98 Å². The van der Waals surface area contributed by atoms with E-state index in [1.54, 1.807) is 6.08 Å². The Morgan fingerprint density at radius 1 is 1.18 bits per heavy atom. The molecular formula is C20H24N2. The number of pyridine rings is 1. The number of hydrogen-bond acceptors (Lipinski definition) is 2. The van der Waals surface area contributed by atoms with Gasteiger partial charge in [-0.15, -0.1) is 0 Å². The second-order valence-corrected chi connectivity index (χ2v) is 4.90. The SMILES string of the molecule is C=CC(=N/C(C)=C\C)/C(/C=C\C(=C)c1cccc(C)n1)=C/C. The van der Waals surface area contributed by atoms with E-state index in [1.807, 2.05) is 70.2 Å². The number of nitrogens with zero attached hydrogens (tertiary/aromatic N) is 2. The maximum Gasteiger partial charge on any atom is 0.0699 e. The van der Waals surface area contributed by atoms with Gasteiger partial charge in [0, 0.05) is 11.4 Å². The third kappa shape index (κ3) is 5.13. The van der Waals surface area contributed by atoms with E-state index in [0.29, 0.717) is 0 Å². The Bertz CT molecular complexity index is 671. The first kappa shape index (κ1) is 17.6. The quantitative estimate of drug-likeness (QED) is 0.505. The average Bonchev–Trinajstić information content (AvgIpc) is 2.53. The highest BCUT2D eigenvalue weighted by Gasteiger charge is 2.01. The van der Waals surface area contributed by atoms with Crippen LogP contribution in [0, 0.1) is 6.92 Å². The van der Waals surface area contributed by atoms with Crippen molar-refractivity contribution < 1.29 is 0 Å². The first-order valence-corrected chi connectivity index (χ1v) is 7.33. The van der Waals surface area contributed by atoms with Gasteiger partial charge in [0.1, 0.15) is 0 Å². The van der Waals surface area contributed by atoms with Crippen LogP contribution in [0.3, 0.4) is 0 Å². The lowest BCUT2D eigenvalue weighted by Crippen LogP contribution is -1.97. The topological polar surface area (TPSA) is 25.2 Å². The van der Waals surface area contributed by atoms with Gasteiger partial charge in [0.15, 0.2) is 0 Å². The molecule has 114 valence electrons. The first-order chi connectivity index (χ1) is 10.5. The fourth-order valence-corrected chi connectivity index (χ4v) is 1.81. The first-order valence-electron chi connectivity index (χ1n) is 7.33. The molecule has 0 amide bonds. The van der Waals surface area contributed by atoms with Gasteiger partial charge in [0.2, 0.25) is 0 Å². The zero-order valence-corrected chi connectivity index (χ0v) is 13.9. The van der Waals surface area contributed by atoms with Crippen LogP contribution >= 0.6 is 0 Å². The van der Waals surface area contributed by atoms with Crippen molar-refractivity contribution >= 4 is 11.3 Å². The molecular weight excluding hydrogens is 268 g/mol. The average molecular weight is 292 g/mol. The summed E-state index contributed by atoms with van der Waals surface area (Å²) in [5.41, 5.74) is 5.55. The Labute approximate surface area is 134 Å². The summed E-state index contributed by atoms with van der Waals surface area (Å²) in [5, 5.41) is 0. The number of allylic oxidation sites excluding steroid dienone is 8. The molecule has 2 heteroatoms. The zero-order valence-electron chi connectivity index (χ0n) is 13.9. The molecule has 1 rings (SSSR count). The van der Waals surface area contributed by atoms with E-state index in [9.17, 15) is 0 Å². The molecule has 0 N–H and O–H groups in total. The van der Waals surface area contributed by atoms with Gasteiger partial charge < -0.3 is 0 Å². The summed E-state index contributed by atoms with van der Waals surface area (Å²) in [6, 6.07) is 5.92. The maximum absolute atomic E-state index is 4.54. The lowest BCUT2D eigenvalue weighted by atomic mass is 10.1. The molecule has 0 aromatic carbocycles. The second-order valence-electron chi connectivity index (χ2n) is 4.90. The van der Waals surface area contributed by atoms with Crippen LogP contribution in [0.25, 0.3) is 5.57 Å². The number of aryl methyl sites for hydroxylation is 1. The van der Waals surface area contributed by atoms with Gasteiger partial charge >= 0.3 is 0 Å². The van der Waals surface area contributed by atoms with Gasteiger partial charge in [-0.25, -0.2) is 0 Å². The van der Waals surface area contributed by atoms with Crippen LogP contribution in [-0.4, -0.2) is 10.7 Å². The molecule has 0 unspecified atom stereocenters. The summed E-state index contributed by atoms with van der Waals surface area (Å²) >= 11 is 0. The van der Waals surface area contributed by atoms with Gasteiger partial charge in [-0.3, -0.25) is 9.98 Å². The summed E-state index contributed by atoms with van der Waals surface area (Å²) in [7, 11) is 0. The van der Waals surface area contributed by atoms with Gasteiger partial charge in [0.25, 0.3) is 0 Å². The van der Waals surface area contributed by atoms with Crippen LogP contribution in [0.5, 0.6) is 0 Å². The largest absolute Gasteiger partial charge is 0.254 e. The molecule has 2 nitrogen and oxygen atoms in total. The van der Waals surface area contributed by atoms with E-state index >= 15 is 0 Å². The van der Waals surface area contributed by atoms with Crippen LogP contribution in [0.15, 0.2) is 78.0 Å². The van der Waals surface area contributed by atoms with E-state index in [-0.39, 0.29) is 0 Å². The number of rotatable bonds is 6. The minimum absolute atomic E-state index is 0.847. The molecule has 0 radical (unpaired) electrons. The smallest absolute Gasteiger partial charge is 0.0699 e. The lowest BCUT2D eigenvalue weighted by Gasteiger charge is -2.04. The Morgan fingerprint density at radius 2 is 1.91 bits per heavy atom. The number of hydrogen-bond donors (Lipinski definition) is 0. The molecule has 0 atom stereocenters. The van der Waals surface area contributed by atoms with Crippen LogP contribution < -0.4 is 0 Å². The number of aromatic nitrogens is 1. The fraction of sp³-hybridized carbons (Fsp3) is 0.200. The van der Waals surface area contributed by atoms with Crippen LogP contribution in [-0.2, 0) is 0 Å². The standard InChI is InChI=1S/C20H24N2/c1-7-16(5)21-19(9-3)18(8-2)14-13-15(4)20-12-10-11-17(6)22-20/h7-14H,3-4H2,1-2,5-6H3/b14-13-,16-7-,18-8+,21-19-. The Hall–Kier alpha value is -2.48. The highest BCUT2D eigenvalue weighted by Crippen LogP contribution is 2.14. The predicted molar refractivity (Wildman–Crippen MR) is 98.0 cm³/mol. The Balaban J connectivity index is 3.01. The minimum atomic E-state index is 0.847. The van der Waals surface area contributed by atoms with Crippen LogP contribution in [0.2, 0.25) is 0 Å². The Morgan fingerprint density at radius 3 is 2.45 bits per heavy atom. The van der Waals surface area contributed by atoms with E-state index in [4.69, 9.17) is 0 Å². The molecule has 1 heterocycles. The predicted octanol–water partition coefficient (Wildman–Crippen LogP) is 5.46. The van der Waals surface area contributed by atoms with Crippen molar-refractivity contribution in [1.29, 1.82) is 0 Å². The molecule has 0 saturated carbocycles. The van der Waals surface area contributed by atoms with Crippen LogP contribution in [0.1, 0.15) is 32.2 Å². The summed E-state index contributed by atoms with van der Waals surface area (Å²) < 4.78 is 0. The van der Waals surface area contributed by atoms with Gasteiger partial charge in [-0.05, 0) is 57.0 Å². The highest BCUT2D eigenvalue weighted by molar-refractivity contribution is 6.10. The Kier molecular flexibility index (Phi) is 6.97. The molecule has 22 heavy (non-hydrogen) atoms. The molecule has 0 aliphatic heterocycles. The molecule has 0 aliphatic rings. The fourth-order valence-electron chi connectivity index (χ4n) is 1.81. The summed E-state index contributed by atoms with van der Waals surface area (Å²) in [6.07, 6.45) is 9.70. The van der Waals surface area contributed by atoms with Gasteiger partial charge in [-0.1, -0.05) is 43.5 Å². The van der Waals surface area contributed by atoms with E-state index < -0.39 is 0 Å². The molecule has 1 aromatic rings. The lowest BCUT2D eigenvalue weighted by molar-refractivity contribution is 1.17. The van der Waals surface area contributed by atoms with Gasteiger partial charge in [0.05, 0.1) is 11.4 Å². The summed E-state index contributed by atoms with van der Waals surface area (Å²) in [6.45, 7) is 15.8. The second kappa shape index (κ2) is 8.73. The van der Waals surface area contributed by atoms with Crippen molar-refractivity contribution in [2.24, 2.45) is 4.99 Å². The third-order valence-electron chi connectivity index (χ3n) is 3.20. The van der Waals surface area contributed by atoms with E-state index in [1.165, 1.54) is 0 Å². The number of aliphatic imine (C=N–C) groups is 1.